The van der Waals surface area contributed by atoms with E-state index in [0.717, 1.165) is 59.7 Å². The van der Waals surface area contributed by atoms with Gasteiger partial charge in [0, 0.05) is 60.0 Å². The maximum absolute atomic E-state index is 13.0. The van der Waals surface area contributed by atoms with E-state index in [9.17, 15) is 4.79 Å². The van der Waals surface area contributed by atoms with Crippen molar-refractivity contribution < 1.29 is 9.53 Å². The second kappa shape index (κ2) is 10.4. The number of Topliss-reactive ketones (excluding diaryl/α,β-unsaturated/α-hetero) is 1. The highest BCUT2D eigenvalue weighted by Crippen LogP contribution is 2.27. The first-order valence-corrected chi connectivity index (χ1v) is 11.4. The zero-order valence-electron chi connectivity index (χ0n) is 18.8. The van der Waals surface area contributed by atoms with Crippen molar-refractivity contribution in [1.82, 2.24) is 14.9 Å². The van der Waals surface area contributed by atoms with E-state index >= 15 is 0 Å². The predicted molar refractivity (Wildman–Crippen MR) is 129 cm³/mol. The van der Waals surface area contributed by atoms with Gasteiger partial charge in [0.2, 0.25) is 0 Å². The highest BCUT2D eigenvalue weighted by molar-refractivity contribution is 6.28. The molecule has 1 N–H and O–H groups in total. The number of carbonyl (C=O) groups is 1. The summed E-state index contributed by atoms with van der Waals surface area (Å²) in [4.78, 5) is 27.5. The molecule has 0 spiro atoms. The van der Waals surface area contributed by atoms with Gasteiger partial charge in [-0.15, -0.1) is 0 Å². The van der Waals surface area contributed by atoms with Crippen LogP contribution in [0.4, 0.5) is 0 Å². The molecule has 0 saturated heterocycles. The Kier molecular flexibility index (Phi) is 7.12. The third kappa shape index (κ3) is 5.14. The topological polar surface area (TPSA) is 70.6 Å². The molecule has 2 aromatic heterocycles. The number of nitrogens with zero attached hydrogens (tertiary/aromatic N) is 3. The molecule has 3 aromatic rings. The molecule has 1 aromatic carbocycles. The number of hydrogen-bond acceptors (Lipinski definition) is 5. The van der Waals surface area contributed by atoms with Crippen molar-refractivity contribution in [2.45, 2.75) is 26.7 Å². The molecule has 0 radical (unpaired) electrons. The van der Waals surface area contributed by atoms with Gasteiger partial charge in [-0.2, -0.15) is 0 Å². The van der Waals surface area contributed by atoms with E-state index in [0.29, 0.717) is 25.1 Å². The maximum Gasteiger partial charge on any atom is 0.165 e. The molecule has 0 fully saturated rings. The van der Waals surface area contributed by atoms with Crippen molar-refractivity contribution in [1.29, 1.82) is 0 Å². The van der Waals surface area contributed by atoms with Gasteiger partial charge in [-0.3, -0.25) is 14.8 Å². The minimum Gasteiger partial charge on any atom is -0.492 e. The molecule has 1 aliphatic rings. The van der Waals surface area contributed by atoms with Crippen LogP contribution in [0.2, 0.25) is 0 Å². The third-order valence-corrected chi connectivity index (χ3v) is 5.86. The Morgan fingerprint density at radius 2 is 1.91 bits per heavy atom. The van der Waals surface area contributed by atoms with E-state index in [-0.39, 0.29) is 5.78 Å². The fraction of sp³-hybridized carbons (Fsp3) is 0.346. The summed E-state index contributed by atoms with van der Waals surface area (Å²) in [5, 5.41) is 1.05. The number of rotatable bonds is 8. The van der Waals surface area contributed by atoms with Crippen LogP contribution in [0.15, 0.2) is 59.9 Å². The average molecular weight is 431 g/mol. The van der Waals surface area contributed by atoms with Crippen LogP contribution >= 0.6 is 0 Å². The number of nitrogens with one attached hydrogen (secondary N) is 1. The zero-order valence-corrected chi connectivity index (χ0v) is 18.8. The summed E-state index contributed by atoms with van der Waals surface area (Å²) in [5.74, 6) is 0.962. The van der Waals surface area contributed by atoms with E-state index in [1.54, 1.807) is 12.4 Å². The number of hydrogen-bond donors (Lipinski definition) is 1. The molecule has 0 atom stereocenters. The predicted octanol–water partition coefficient (Wildman–Crippen LogP) is 4.52. The molecular weight excluding hydrogens is 400 g/mol. The molecule has 6 heteroatoms. The van der Waals surface area contributed by atoms with Crippen LogP contribution in [-0.4, -0.2) is 59.1 Å². The Balaban J connectivity index is 1.60. The smallest absolute Gasteiger partial charge is 0.165 e. The summed E-state index contributed by atoms with van der Waals surface area (Å²) in [7, 11) is 0. The number of pyridine rings is 1. The first-order chi connectivity index (χ1) is 15.7. The summed E-state index contributed by atoms with van der Waals surface area (Å²) in [6, 6.07) is 11.9. The lowest BCUT2D eigenvalue weighted by molar-refractivity contribution is -0.113. The molecule has 166 valence electrons. The van der Waals surface area contributed by atoms with Gasteiger partial charge in [0.1, 0.15) is 12.4 Å². The molecule has 0 aliphatic carbocycles. The zero-order chi connectivity index (χ0) is 22.3. The summed E-state index contributed by atoms with van der Waals surface area (Å²) in [6.45, 7) is 8.56. The molecule has 0 saturated carbocycles. The second-order valence-corrected chi connectivity index (χ2v) is 7.90. The number of H-pyrrole nitrogens is 1. The average Bonchev–Trinajstić information content (AvgIpc) is 3.23. The lowest BCUT2D eigenvalue weighted by atomic mass is 9.98. The maximum atomic E-state index is 13.0. The van der Waals surface area contributed by atoms with E-state index in [4.69, 9.17) is 9.73 Å². The number of ether oxygens (including phenoxy) is 1. The van der Waals surface area contributed by atoms with Gasteiger partial charge in [0.05, 0.1) is 11.4 Å². The third-order valence-electron chi connectivity index (χ3n) is 5.86. The van der Waals surface area contributed by atoms with Crippen molar-refractivity contribution in [3.8, 4) is 5.75 Å². The van der Waals surface area contributed by atoms with Crippen LogP contribution < -0.4 is 4.74 Å². The lowest BCUT2D eigenvalue weighted by Crippen LogP contribution is -2.27. The summed E-state index contributed by atoms with van der Waals surface area (Å²) < 4.78 is 5.97. The number of aromatic amines is 1. The minimum atomic E-state index is 0.133. The van der Waals surface area contributed by atoms with E-state index in [1.807, 2.05) is 42.5 Å². The van der Waals surface area contributed by atoms with Crippen LogP contribution in [-0.2, 0) is 4.79 Å². The summed E-state index contributed by atoms with van der Waals surface area (Å²) in [5.41, 5.74) is 4.22. The van der Waals surface area contributed by atoms with Gasteiger partial charge in [-0.1, -0.05) is 13.8 Å². The summed E-state index contributed by atoms with van der Waals surface area (Å²) in [6.07, 6.45) is 6.64. The second-order valence-electron chi connectivity index (χ2n) is 7.90. The number of benzene rings is 1. The highest BCUT2D eigenvalue weighted by atomic mass is 16.5. The van der Waals surface area contributed by atoms with Gasteiger partial charge in [0.25, 0.3) is 0 Å². The molecule has 3 heterocycles. The number of ketones is 1. The van der Waals surface area contributed by atoms with E-state index in [1.165, 1.54) is 0 Å². The highest BCUT2D eigenvalue weighted by Gasteiger charge is 2.18. The summed E-state index contributed by atoms with van der Waals surface area (Å²) >= 11 is 0. The fourth-order valence-corrected chi connectivity index (χ4v) is 3.94. The quantitative estimate of drug-likeness (QED) is 0.570. The number of likely N-dealkylation sites (N-methyl/N-ethyl adjacent to an activating group) is 1. The molecule has 0 bridgehead atoms. The van der Waals surface area contributed by atoms with Gasteiger partial charge in [-0.25, -0.2) is 0 Å². The Bertz CT molecular complexity index is 1130. The normalized spacial score (nSPS) is 14.8. The standard InChI is InChI=1S/C26H30N4O2/c1-3-30(4-2)14-15-32-21-8-7-20-16-25(29-24(20)17-21)22-18-23(19-9-12-27-13-10-19)28-11-5-6-26(22)31/h7-10,12-13,16-18,29H,3-6,11,14-15H2,1-2H3. The fourth-order valence-electron chi connectivity index (χ4n) is 3.94. The Labute approximate surface area is 189 Å². The van der Waals surface area contributed by atoms with Crippen LogP contribution in [0.1, 0.15) is 37.9 Å². The monoisotopic (exact) mass is 430 g/mol. The van der Waals surface area contributed by atoms with Crippen molar-refractivity contribution in [2.75, 3.05) is 32.8 Å². The number of aliphatic imine (C=N–C) groups is 1. The number of allylic oxidation sites excluding steroid dienone is 2. The number of carbonyl (C=O) groups excluding carboxylic acids is 1. The minimum absolute atomic E-state index is 0.133. The van der Waals surface area contributed by atoms with Gasteiger partial charge in [0.15, 0.2) is 5.78 Å². The van der Waals surface area contributed by atoms with Crippen molar-refractivity contribution in [2.24, 2.45) is 4.99 Å². The van der Waals surface area contributed by atoms with Crippen LogP contribution in [0, 0.1) is 0 Å². The van der Waals surface area contributed by atoms with Crippen LogP contribution in [0.3, 0.4) is 0 Å². The van der Waals surface area contributed by atoms with Crippen molar-refractivity contribution >= 4 is 28.0 Å². The van der Waals surface area contributed by atoms with Crippen molar-refractivity contribution in [3.05, 3.63) is 66.1 Å². The van der Waals surface area contributed by atoms with Crippen LogP contribution in [0.5, 0.6) is 5.75 Å². The SMILES string of the molecule is CCN(CC)CCOc1ccc2cc(C3=CC(c4ccncc4)=NCCCC3=O)[nH]c2c1. The largest absolute Gasteiger partial charge is 0.492 e. The molecule has 6 nitrogen and oxygen atoms in total. The number of fused-ring (bicyclic) bond motifs is 1. The van der Waals surface area contributed by atoms with Gasteiger partial charge >= 0.3 is 0 Å². The lowest BCUT2D eigenvalue weighted by Gasteiger charge is -2.17. The van der Waals surface area contributed by atoms with Gasteiger partial charge < -0.3 is 14.6 Å². The molecule has 0 unspecified atom stereocenters. The van der Waals surface area contributed by atoms with Gasteiger partial charge in [-0.05, 0) is 55.9 Å². The van der Waals surface area contributed by atoms with Crippen molar-refractivity contribution in [3.63, 3.8) is 0 Å². The Morgan fingerprint density at radius 1 is 1.09 bits per heavy atom. The number of aromatic nitrogens is 2. The molecule has 4 rings (SSSR count). The van der Waals surface area contributed by atoms with E-state index in [2.05, 4.69) is 28.7 Å². The molecule has 1 aliphatic heterocycles. The van der Waals surface area contributed by atoms with Crippen LogP contribution in [0.25, 0.3) is 16.5 Å². The Hall–Kier alpha value is -3.25. The molecule has 32 heavy (non-hydrogen) atoms. The molecule has 0 amide bonds. The first-order valence-electron chi connectivity index (χ1n) is 11.4. The van der Waals surface area contributed by atoms with E-state index < -0.39 is 0 Å². The first kappa shape index (κ1) is 22.0. The molecular formula is C26H30N4O2. The Morgan fingerprint density at radius 3 is 2.69 bits per heavy atom.